The Kier molecular flexibility index (Phi) is 6.29. The van der Waals surface area contributed by atoms with Crippen LogP contribution in [0.2, 0.25) is 0 Å². The van der Waals surface area contributed by atoms with Gasteiger partial charge < -0.3 is 14.9 Å². The molecule has 4 nitrogen and oxygen atoms in total. The molecule has 4 saturated carbocycles. The monoisotopic (exact) mass is 446 g/mol. The van der Waals surface area contributed by atoms with Gasteiger partial charge in [-0.1, -0.05) is 42.5 Å². The highest BCUT2D eigenvalue weighted by molar-refractivity contribution is 5.92. The van der Waals surface area contributed by atoms with Crippen molar-refractivity contribution in [3.8, 4) is 5.75 Å². The Labute approximate surface area is 196 Å². The van der Waals surface area contributed by atoms with Gasteiger partial charge in [-0.2, -0.15) is 0 Å². The number of aliphatic hydroxyl groups is 1. The first-order chi connectivity index (χ1) is 16.1. The smallest absolute Gasteiger partial charge is 0.336 e. The van der Waals surface area contributed by atoms with Crippen molar-refractivity contribution in [3.05, 3.63) is 70.8 Å². The van der Waals surface area contributed by atoms with E-state index in [9.17, 15) is 15.0 Å². The summed E-state index contributed by atoms with van der Waals surface area (Å²) in [5.41, 5.74) is 3.90. The van der Waals surface area contributed by atoms with E-state index in [2.05, 4.69) is 24.3 Å². The maximum absolute atomic E-state index is 11.5. The Bertz CT molecular complexity index is 1000. The number of ether oxygens (including phenoxy) is 1. The summed E-state index contributed by atoms with van der Waals surface area (Å²) in [4.78, 5) is 11.5. The lowest BCUT2D eigenvalue weighted by Gasteiger charge is -2.57. The van der Waals surface area contributed by atoms with E-state index >= 15 is 0 Å². The van der Waals surface area contributed by atoms with E-state index < -0.39 is 5.97 Å². The van der Waals surface area contributed by atoms with E-state index in [-0.39, 0.29) is 12.0 Å². The summed E-state index contributed by atoms with van der Waals surface area (Å²) in [6.07, 6.45) is 13.4. The second kappa shape index (κ2) is 9.34. The maximum Gasteiger partial charge on any atom is 0.336 e. The van der Waals surface area contributed by atoms with Gasteiger partial charge in [0.15, 0.2) is 0 Å². The van der Waals surface area contributed by atoms with Crippen molar-refractivity contribution >= 4 is 12.0 Å². The fraction of sp³-hybridized carbons (Fsp3) is 0.483. The molecule has 2 aromatic rings. The van der Waals surface area contributed by atoms with Crippen LogP contribution in [0, 0.1) is 17.8 Å². The van der Waals surface area contributed by atoms with Gasteiger partial charge in [-0.05, 0) is 91.4 Å². The normalized spacial score (nSPS) is 27.8. The van der Waals surface area contributed by atoms with Crippen LogP contribution in [0.3, 0.4) is 0 Å². The lowest BCUT2D eigenvalue weighted by molar-refractivity contribution is -0.00645. The number of hydrogen-bond acceptors (Lipinski definition) is 3. The van der Waals surface area contributed by atoms with Gasteiger partial charge in [-0.15, -0.1) is 0 Å². The zero-order valence-corrected chi connectivity index (χ0v) is 19.2. The van der Waals surface area contributed by atoms with Gasteiger partial charge >= 0.3 is 5.97 Å². The second-order valence-electron chi connectivity index (χ2n) is 10.5. The third-order valence-electron chi connectivity index (χ3n) is 8.06. The van der Waals surface area contributed by atoms with E-state index in [1.54, 1.807) is 12.1 Å². The molecule has 0 aromatic heterocycles. The number of carboxylic acid groups (broad SMARTS) is 1. The minimum Gasteiger partial charge on any atom is -0.493 e. The van der Waals surface area contributed by atoms with Crippen molar-refractivity contribution in [1.29, 1.82) is 0 Å². The number of carboxylic acids is 1. The van der Waals surface area contributed by atoms with E-state index in [0.717, 1.165) is 35.5 Å². The molecule has 0 saturated heterocycles. The molecule has 0 unspecified atom stereocenters. The topological polar surface area (TPSA) is 66.8 Å². The van der Waals surface area contributed by atoms with Crippen LogP contribution < -0.4 is 4.74 Å². The van der Waals surface area contributed by atoms with Crippen molar-refractivity contribution in [1.82, 2.24) is 0 Å². The number of aliphatic hydroxyl groups excluding tert-OH is 1. The number of allylic oxidation sites excluding steroid dienone is 1. The van der Waals surface area contributed by atoms with Crippen LogP contribution >= 0.6 is 0 Å². The Balaban J connectivity index is 1.41. The molecule has 4 fully saturated rings. The molecule has 33 heavy (non-hydrogen) atoms. The molecule has 4 bridgehead atoms. The van der Waals surface area contributed by atoms with Crippen LogP contribution in [0.25, 0.3) is 6.08 Å². The predicted molar refractivity (Wildman–Crippen MR) is 130 cm³/mol. The van der Waals surface area contributed by atoms with Gasteiger partial charge in [0.1, 0.15) is 5.75 Å². The number of hydrogen-bond donors (Lipinski definition) is 2. The number of aromatic carboxylic acids is 1. The summed E-state index contributed by atoms with van der Waals surface area (Å²) in [7, 11) is 0. The van der Waals surface area contributed by atoms with Gasteiger partial charge in [0.2, 0.25) is 0 Å². The first-order valence-electron chi connectivity index (χ1n) is 12.4. The lowest BCUT2D eigenvalue weighted by atomic mass is 9.48. The van der Waals surface area contributed by atoms with E-state index in [0.29, 0.717) is 18.6 Å². The minimum atomic E-state index is -0.899. The van der Waals surface area contributed by atoms with E-state index in [1.165, 1.54) is 49.7 Å². The van der Waals surface area contributed by atoms with Crippen molar-refractivity contribution in [2.75, 3.05) is 13.2 Å². The average Bonchev–Trinajstić information content (AvgIpc) is 2.79. The number of rotatable bonds is 9. The molecule has 0 atom stereocenters. The lowest BCUT2D eigenvalue weighted by Crippen LogP contribution is -2.48. The molecular formula is C29H34O4. The average molecular weight is 447 g/mol. The third-order valence-corrected chi connectivity index (χ3v) is 8.06. The van der Waals surface area contributed by atoms with Gasteiger partial charge in [0.05, 0.1) is 12.2 Å². The molecule has 6 rings (SSSR count). The van der Waals surface area contributed by atoms with Crippen molar-refractivity contribution in [3.63, 3.8) is 0 Å². The van der Waals surface area contributed by atoms with Crippen LogP contribution in [-0.4, -0.2) is 29.4 Å². The Hall–Kier alpha value is -2.59. The molecular weight excluding hydrogens is 412 g/mol. The summed E-state index contributed by atoms with van der Waals surface area (Å²) < 4.78 is 6.19. The summed E-state index contributed by atoms with van der Waals surface area (Å²) in [6.45, 7) is 0.689. The molecule has 2 N–H and O–H groups in total. The largest absolute Gasteiger partial charge is 0.493 e. The van der Waals surface area contributed by atoms with Gasteiger partial charge in [-0.25, -0.2) is 4.79 Å². The van der Waals surface area contributed by atoms with Crippen LogP contribution in [0.4, 0.5) is 0 Å². The van der Waals surface area contributed by atoms with Crippen molar-refractivity contribution in [2.45, 2.75) is 56.8 Å². The van der Waals surface area contributed by atoms with E-state index in [1.807, 2.05) is 18.2 Å². The Morgan fingerprint density at radius 2 is 1.73 bits per heavy atom. The van der Waals surface area contributed by atoms with Crippen molar-refractivity contribution < 1.29 is 19.7 Å². The molecule has 4 heteroatoms. The molecule has 0 heterocycles. The van der Waals surface area contributed by atoms with Gasteiger partial charge in [-0.3, -0.25) is 0 Å². The summed E-state index contributed by atoms with van der Waals surface area (Å²) in [6, 6.07) is 13.7. The molecule has 0 aliphatic heterocycles. The molecule has 4 aliphatic rings. The highest BCUT2D eigenvalue weighted by Gasteiger charge is 2.52. The number of benzene rings is 2. The van der Waals surface area contributed by atoms with Crippen LogP contribution in [0.1, 0.15) is 72.0 Å². The summed E-state index contributed by atoms with van der Waals surface area (Å²) >= 11 is 0. The van der Waals surface area contributed by atoms with E-state index in [4.69, 9.17) is 4.74 Å². The zero-order valence-electron chi connectivity index (χ0n) is 19.2. The predicted octanol–water partition coefficient (Wildman–Crippen LogP) is 5.87. The fourth-order valence-corrected chi connectivity index (χ4v) is 7.09. The molecule has 174 valence electrons. The molecule has 0 radical (unpaired) electrons. The van der Waals surface area contributed by atoms with Crippen molar-refractivity contribution in [2.24, 2.45) is 17.8 Å². The summed E-state index contributed by atoms with van der Waals surface area (Å²) in [5.74, 6) is 2.67. The number of carbonyl (C=O) groups is 1. The first kappa shape index (κ1) is 22.2. The Morgan fingerprint density at radius 3 is 2.39 bits per heavy atom. The maximum atomic E-state index is 11.5. The SMILES string of the molecule is O=C(O)c1ccccc1C=CCc1ccc(OCCCO)c(C23CC4CC(CC(C4)C2)C3)c1. The van der Waals surface area contributed by atoms with Gasteiger partial charge in [0, 0.05) is 18.6 Å². The fourth-order valence-electron chi connectivity index (χ4n) is 7.09. The highest BCUT2D eigenvalue weighted by atomic mass is 16.5. The first-order valence-corrected chi connectivity index (χ1v) is 12.4. The molecule has 2 aromatic carbocycles. The quantitative estimate of drug-likeness (QED) is 0.473. The third kappa shape index (κ3) is 4.59. The van der Waals surface area contributed by atoms with Crippen LogP contribution in [0.15, 0.2) is 48.5 Å². The molecule has 4 aliphatic carbocycles. The van der Waals surface area contributed by atoms with Crippen LogP contribution in [-0.2, 0) is 11.8 Å². The zero-order chi connectivity index (χ0) is 22.8. The Morgan fingerprint density at radius 1 is 1.03 bits per heavy atom. The van der Waals surface area contributed by atoms with Crippen LogP contribution in [0.5, 0.6) is 5.75 Å². The minimum absolute atomic E-state index is 0.146. The second-order valence-corrected chi connectivity index (χ2v) is 10.5. The highest BCUT2D eigenvalue weighted by Crippen LogP contribution is 2.62. The standard InChI is InChI=1S/C29H34O4/c30-11-4-12-33-27-10-9-20(5-3-7-24-6-1-2-8-25(24)28(31)32)16-26(27)29-17-21-13-22(18-29)15-23(14-21)19-29/h1-3,6-10,16,21-23,30H,4-5,11-15,17-19H2,(H,31,32). The summed E-state index contributed by atoms with van der Waals surface area (Å²) in [5, 5.41) is 18.6. The molecule has 0 spiro atoms. The molecule has 0 amide bonds. The van der Waals surface area contributed by atoms with Gasteiger partial charge in [0.25, 0.3) is 0 Å².